The van der Waals surface area contributed by atoms with Crippen LogP contribution in [0.25, 0.3) is 11.0 Å². The van der Waals surface area contributed by atoms with Crippen LogP contribution in [0.5, 0.6) is 0 Å². The zero-order chi connectivity index (χ0) is 21.1. The van der Waals surface area contributed by atoms with Crippen LogP contribution >= 0.6 is 0 Å². The van der Waals surface area contributed by atoms with Crippen LogP contribution in [0.1, 0.15) is 17.3 Å². The number of nitrogens with one attached hydrogen (secondary N) is 2. The summed E-state index contributed by atoms with van der Waals surface area (Å²) in [5.74, 6) is -0.0486. The first-order chi connectivity index (χ1) is 14.5. The number of sulfonamides is 1. The van der Waals surface area contributed by atoms with Crippen LogP contribution in [-0.4, -0.2) is 30.8 Å². The number of hydrogen-bond acceptors (Lipinski definition) is 4. The third kappa shape index (κ3) is 3.77. The summed E-state index contributed by atoms with van der Waals surface area (Å²) in [6.07, 6.45) is 0. The van der Waals surface area contributed by atoms with E-state index in [9.17, 15) is 13.2 Å². The molecular weight excluding hydrogens is 400 g/mol. The van der Waals surface area contributed by atoms with Crippen LogP contribution in [0.15, 0.2) is 83.8 Å². The molecule has 30 heavy (non-hydrogen) atoms. The van der Waals surface area contributed by atoms with Gasteiger partial charge < -0.3 is 4.98 Å². The number of para-hydroxylation sites is 3. The van der Waals surface area contributed by atoms with E-state index in [4.69, 9.17) is 0 Å². The predicted octanol–water partition coefficient (Wildman–Crippen LogP) is 4.03. The van der Waals surface area contributed by atoms with Crippen molar-refractivity contribution in [1.82, 2.24) is 9.97 Å². The van der Waals surface area contributed by atoms with Gasteiger partial charge in [0, 0.05) is 12.1 Å². The molecule has 0 unspecified atom stereocenters. The summed E-state index contributed by atoms with van der Waals surface area (Å²) in [6, 6.07) is 22.2. The number of nitrogens with zero attached hydrogens (tertiary/aromatic N) is 2. The van der Waals surface area contributed by atoms with Crippen molar-refractivity contribution in [3.8, 4) is 0 Å². The number of aromatic nitrogens is 2. The molecule has 0 bridgehead atoms. The number of amides is 1. The van der Waals surface area contributed by atoms with E-state index >= 15 is 0 Å². The summed E-state index contributed by atoms with van der Waals surface area (Å²) in [6.45, 7) is 2.07. The van der Waals surface area contributed by atoms with Crippen molar-refractivity contribution in [1.29, 1.82) is 0 Å². The summed E-state index contributed by atoms with van der Waals surface area (Å²) < 4.78 is 27.4. The minimum absolute atomic E-state index is 0.119. The molecule has 3 aromatic carbocycles. The Morgan fingerprint density at radius 2 is 1.63 bits per heavy atom. The lowest BCUT2D eigenvalue weighted by atomic mass is 10.2. The van der Waals surface area contributed by atoms with E-state index in [0.29, 0.717) is 23.7 Å². The van der Waals surface area contributed by atoms with Crippen molar-refractivity contribution in [3.63, 3.8) is 0 Å². The standard InChI is InChI=1S/C22H20N4O3S/c1-2-26(17-8-4-3-5-9-17)30(28,29)18-14-12-16(13-15-18)21(27)25-22-23-19-10-6-7-11-20(19)24-22/h3-15H,2H2,1H3,(H2,23,24,25,27). The highest BCUT2D eigenvalue weighted by molar-refractivity contribution is 7.92. The molecule has 0 saturated carbocycles. The van der Waals surface area contributed by atoms with Crippen molar-refractivity contribution in [2.24, 2.45) is 0 Å². The van der Waals surface area contributed by atoms with Gasteiger partial charge in [-0.3, -0.25) is 14.4 Å². The maximum absolute atomic E-state index is 13.0. The minimum atomic E-state index is -3.74. The van der Waals surface area contributed by atoms with Gasteiger partial charge in [0.2, 0.25) is 5.95 Å². The summed E-state index contributed by atoms with van der Waals surface area (Å²) >= 11 is 0. The molecule has 0 saturated heterocycles. The highest BCUT2D eigenvalue weighted by Crippen LogP contribution is 2.23. The van der Waals surface area contributed by atoms with E-state index < -0.39 is 10.0 Å². The summed E-state index contributed by atoms with van der Waals surface area (Å²) in [5.41, 5.74) is 2.48. The van der Waals surface area contributed by atoms with Crippen LogP contribution in [0.2, 0.25) is 0 Å². The molecule has 0 radical (unpaired) electrons. The molecule has 0 fully saturated rings. The minimum Gasteiger partial charge on any atom is -0.324 e. The van der Waals surface area contributed by atoms with Crippen LogP contribution in [0.3, 0.4) is 0 Å². The Labute approximate surface area is 174 Å². The Hall–Kier alpha value is -3.65. The van der Waals surface area contributed by atoms with Crippen molar-refractivity contribution < 1.29 is 13.2 Å². The molecule has 7 nitrogen and oxygen atoms in total. The van der Waals surface area contributed by atoms with Gasteiger partial charge >= 0.3 is 0 Å². The van der Waals surface area contributed by atoms with E-state index in [1.54, 1.807) is 31.2 Å². The van der Waals surface area contributed by atoms with Gasteiger partial charge in [-0.05, 0) is 55.5 Å². The zero-order valence-electron chi connectivity index (χ0n) is 16.2. The number of rotatable bonds is 6. The molecule has 152 valence electrons. The number of fused-ring (bicyclic) bond motifs is 1. The molecule has 8 heteroatoms. The molecule has 0 aliphatic rings. The lowest BCUT2D eigenvalue weighted by Crippen LogP contribution is -2.30. The SMILES string of the molecule is CCN(c1ccccc1)S(=O)(=O)c1ccc(C(=O)Nc2nc3ccccc3[nH]2)cc1. The van der Waals surface area contributed by atoms with Gasteiger partial charge in [0.25, 0.3) is 15.9 Å². The highest BCUT2D eigenvalue weighted by Gasteiger charge is 2.23. The molecule has 0 atom stereocenters. The number of aromatic amines is 1. The summed E-state index contributed by atoms with van der Waals surface area (Å²) in [5, 5.41) is 2.70. The highest BCUT2D eigenvalue weighted by atomic mass is 32.2. The van der Waals surface area contributed by atoms with Gasteiger partial charge in [-0.25, -0.2) is 13.4 Å². The number of H-pyrrole nitrogens is 1. The molecule has 1 aromatic heterocycles. The Morgan fingerprint density at radius 1 is 0.967 bits per heavy atom. The fourth-order valence-corrected chi connectivity index (χ4v) is 4.66. The molecule has 0 spiro atoms. The van der Waals surface area contributed by atoms with Gasteiger partial charge in [0.1, 0.15) is 0 Å². The number of imidazole rings is 1. The second-order valence-electron chi connectivity index (χ2n) is 6.59. The molecular formula is C22H20N4O3S. The largest absolute Gasteiger partial charge is 0.324 e. The number of anilines is 2. The zero-order valence-corrected chi connectivity index (χ0v) is 17.1. The molecule has 0 aliphatic heterocycles. The Morgan fingerprint density at radius 3 is 2.30 bits per heavy atom. The maximum Gasteiger partial charge on any atom is 0.264 e. The maximum atomic E-state index is 13.0. The lowest BCUT2D eigenvalue weighted by Gasteiger charge is -2.22. The Kier molecular flexibility index (Phi) is 5.24. The van der Waals surface area contributed by atoms with Crippen LogP contribution < -0.4 is 9.62 Å². The first kappa shape index (κ1) is 19.7. The Balaban J connectivity index is 1.54. The quantitative estimate of drug-likeness (QED) is 0.492. The first-order valence-corrected chi connectivity index (χ1v) is 10.9. The number of benzene rings is 3. The van der Waals surface area contributed by atoms with E-state index in [0.717, 1.165) is 11.0 Å². The third-order valence-electron chi connectivity index (χ3n) is 4.66. The van der Waals surface area contributed by atoms with Gasteiger partial charge in [0.15, 0.2) is 0 Å². The first-order valence-electron chi connectivity index (χ1n) is 9.43. The average Bonchev–Trinajstić information content (AvgIpc) is 3.17. The summed E-state index contributed by atoms with van der Waals surface area (Å²) in [7, 11) is -3.74. The second-order valence-corrected chi connectivity index (χ2v) is 8.45. The third-order valence-corrected chi connectivity index (χ3v) is 6.57. The predicted molar refractivity (Wildman–Crippen MR) is 117 cm³/mol. The average molecular weight is 420 g/mol. The lowest BCUT2D eigenvalue weighted by molar-refractivity contribution is 0.102. The molecule has 1 heterocycles. The second kappa shape index (κ2) is 8.00. The van der Waals surface area contributed by atoms with Crippen LogP contribution in [0, 0.1) is 0 Å². The smallest absolute Gasteiger partial charge is 0.264 e. The normalized spacial score (nSPS) is 11.4. The number of hydrogen-bond donors (Lipinski definition) is 2. The van der Waals surface area contributed by atoms with Crippen molar-refractivity contribution in [3.05, 3.63) is 84.4 Å². The molecule has 4 rings (SSSR count). The number of carbonyl (C=O) groups is 1. The van der Waals surface area contributed by atoms with Gasteiger partial charge in [-0.15, -0.1) is 0 Å². The van der Waals surface area contributed by atoms with Crippen molar-refractivity contribution in [2.75, 3.05) is 16.2 Å². The van der Waals surface area contributed by atoms with Crippen LogP contribution in [0.4, 0.5) is 11.6 Å². The number of carbonyl (C=O) groups excluding carboxylic acids is 1. The van der Waals surface area contributed by atoms with Crippen LogP contribution in [-0.2, 0) is 10.0 Å². The van der Waals surface area contributed by atoms with E-state index in [-0.39, 0.29) is 10.8 Å². The van der Waals surface area contributed by atoms with Gasteiger partial charge in [0.05, 0.1) is 21.6 Å². The van der Waals surface area contributed by atoms with Gasteiger partial charge in [-0.1, -0.05) is 30.3 Å². The topological polar surface area (TPSA) is 95.2 Å². The summed E-state index contributed by atoms with van der Waals surface area (Å²) in [4.78, 5) is 20.0. The van der Waals surface area contributed by atoms with E-state index in [1.807, 2.05) is 30.3 Å². The Bertz CT molecular complexity index is 1250. The van der Waals surface area contributed by atoms with E-state index in [1.165, 1.54) is 28.6 Å². The van der Waals surface area contributed by atoms with E-state index in [2.05, 4.69) is 15.3 Å². The van der Waals surface area contributed by atoms with Crippen molar-refractivity contribution in [2.45, 2.75) is 11.8 Å². The molecule has 1 amide bonds. The fraction of sp³-hybridized carbons (Fsp3) is 0.0909. The molecule has 2 N–H and O–H groups in total. The van der Waals surface area contributed by atoms with Gasteiger partial charge in [-0.2, -0.15) is 0 Å². The molecule has 4 aromatic rings. The fourth-order valence-electron chi connectivity index (χ4n) is 3.18. The molecule has 0 aliphatic carbocycles. The van der Waals surface area contributed by atoms with Crippen molar-refractivity contribution >= 4 is 38.6 Å². The monoisotopic (exact) mass is 420 g/mol.